The topological polar surface area (TPSA) is 71.3 Å². The molecule has 4 saturated carbocycles. The summed E-state index contributed by atoms with van der Waals surface area (Å²) in [7, 11) is 0. The van der Waals surface area contributed by atoms with Crippen molar-refractivity contribution >= 4 is 11.8 Å². The van der Waals surface area contributed by atoms with Gasteiger partial charge in [-0.3, -0.25) is 9.59 Å². The molecule has 4 bridgehead atoms. The monoisotopic (exact) mass is 392 g/mol. The van der Waals surface area contributed by atoms with Crippen molar-refractivity contribution in [3.05, 3.63) is 60.1 Å². The highest BCUT2D eigenvalue weighted by Crippen LogP contribution is 2.65. The summed E-state index contributed by atoms with van der Waals surface area (Å²) in [6.07, 6.45) is 8.09. The SMILES string of the molecule is O=C(CNC(=O)C12C[C@H]3C[C@@H](C1)CC(c1ccccc1)(C3)C2)NCc1ccco1. The van der Waals surface area contributed by atoms with Gasteiger partial charge in [0, 0.05) is 0 Å². The number of carbonyl (C=O) groups is 2. The first kappa shape index (κ1) is 18.5. The van der Waals surface area contributed by atoms with Gasteiger partial charge in [-0.05, 0) is 73.5 Å². The summed E-state index contributed by atoms with van der Waals surface area (Å²) in [4.78, 5) is 25.5. The van der Waals surface area contributed by atoms with Gasteiger partial charge >= 0.3 is 0 Å². The van der Waals surface area contributed by atoms with Gasteiger partial charge in [0.25, 0.3) is 0 Å². The number of amides is 2. The normalized spacial score (nSPS) is 32.1. The number of rotatable bonds is 6. The largest absolute Gasteiger partial charge is 0.467 e. The summed E-state index contributed by atoms with van der Waals surface area (Å²) < 4.78 is 5.23. The second-order valence-corrected chi connectivity index (χ2v) is 9.43. The summed E-state index contributed by atoms with van der Waals surface area (Å²) >= 11 is 0. The number of carbonyl (C=O) groups excluding carboxylic acids is 2. The fourth-order valence-electron chi connectivity index (χ4n) is 6.67. The van der Waals surface area contributed by atoms with E-state index in [0.29, 0.717) is 24.1 Å². The van der Waals surface area contributed by atoms with E-state index in [0.717, 1.165) is 19.3 Å². The Labute approximate surface area is 171 Å². The number of nitrogens with one attached hydrogen (secondary N) is 2. The van der Waals surface area contributed by atoms with E-state index in [1.54, 1.807) is 12.3 Å². The third kappa shape index (κ3) is 3.37. The summed E-state index contributed by atoms with van der Waals surface area (Å²) in [5.41, 5.74) is 1.20. The highest BCUT2D eigenvalue weighted by Gasteiger charge is 2.60. The maximum absolute atomic E-state index is 13.3. The minimum atomic E-state index is -0.318. The lowest BCUT2D eigenvalue weighted by Crippen LogP contribution is -2.59. The average molecular weight is 392 g/mol. The fourth-order valence-corrected chi connectivity index (χ4v) is 6.67. The zero-order chi connectivity index (χ0) is 19.9. The van der Waals surface area contributed by atoms with Crippen LogP contribution in [0.15, 0.2) is 53.1 Å². The van der Waals surface area contributed by atoms with Gasteiger partial charge in [-0.1, -0.05) is 30.3 Å². The van der Waals surface area contributed by atoms with Crippen LogP contribution in [-0.4, -0.2) is 18.4 Å². The van der Waals surface area contributed by atoms with E-state index in [9.17, 15) is 9.59 Å². The Morgan fingerprint density at radius 3 is 2.41 bits per heavy atom. The molecule has 4 aliphatic carbocycles. The Kier molecular flexibility index (Phi) is 4.49. The molecule has 6 rings (SSSR count). The Morgan fingerprint density at radius 2 is 1.72 bits per heavy atom. The molecule has 0 saturated heterocycles. The van der Waals surface area contributed by atoms with Gasteiger partial charge in [-0.2, -0.15) is 0 Å². The van der Waals surface area contributed by atoms with Crippen molar-refractivity contribution in [2.75, 3.05) is 6.54 Å². The predicted molar refractivity (Wildman–Crippen MR) is 109 cm³/mol. The minimum absolute atomic E-state index is 0.0228. The molecule has 5 nitrogen and oxygen atoms in total. The number of benzene rings is 1. The highest BCUT2D eigenvalue weighted by atomic mass is 16.3. The van der Waals surface area contributed by atoms with Gasteiger partial charge in [-0.25, -0.2) is 0 Å². The minimum Gasteiger partial charge on any atom is -0.467 e. The molecule has 0 spiro atoms. The van der Waals surface area contributed by atoms with E-state index >= 15 is 0 Å². The van der Waals surface area contributed by atoms with Crippen LogP contribution in [0.3, 0.4) is 0 Å². The van der Waals surface area contributed by atoms with Crippen LogP contribution in [0.4, 0.5) is 0 Å². The lowest BCUT2D eigenvalue weighted by Gasteiger charge is -2.61. The van der Waals surface area contributed by atoms with Gasteiger partial charge in [-0.15, -0.1) is 0 Å². The van der Waals surface area contributed by atoms with Gasteiger partial charge in [0.1, 0.15) is 5.76 Å². The van der Waals surface area contributed by atoms with Crippen LogP contribution in [-0.2, 0) is 21.5 Å². The highest BCUT2D eigenvalue weighted by molar-refractivity contribution is 5.88. The standard InChI is InChI=1S/C24H28N2O3/c27-21(25-14-20-7-4-8-29-20)15-26-22(28)24-12-17-9-18(13-24)11-23(10-17,16-24)19-5-2-1-3-6-19/h1-8,17-18H,9-16H2,(H,25,27)(H,26,28)/t17-,18+,23?,24?. The molecule has 4 fully saturated rings. The predicted octanol–water partition coefficient (Wildman–Crippen LogP) is 3.55. The molecule has 5 heteroatoms. The molecule has 2 unspecified atom stereocenters. The van der Waals surface area contributed by atoms with Crippen molar-refractivity contribution < 1.29 is 14.0 Å². The summed E-state index contributed by atoms with van der Waals surface area (Å²) in [6, 6.07) is 14.4. The Hall–Kier alpha value is -2.56. The smallest absolute Gasteiger partial charge is 0.239 e. The summed E-state index contributed by atoms with van der Waals surface area (Å²) in [5.74, 6) is 1.83. The number of hydrogen-bond acceptors (Lipinski definition) is 3. The van der Waals surface area contributed by atoms with Gasteiger partial charge < -0.3 is 15.1 Å². The van der Waals surface area contributed by atoms with Crippen LogP contribution in [0.1, 0.15) is 49.8 Å². The third-order valence-electron chi connectivity index (χ3n) is 7.38. The lowest BCUT2D eigenvalue weighted by molar-refractivity contribution is -0.149. The molecule has 0 aliphatic heterocycles. The van der Waals surface area contributed by atoms with Crippen molar-refractivity contribution in [1.82, 2.24) is 10.6 Å². The Balaban J connectivity index is 1.26. The molecule has 2 aromatic rings. The molecule has 1 heterocycles. The molecule has 1 aromatic carbocycles. The van der Waals surface area contributed by atoms with Crippen LogP contribution in [0.25, 0.3) is 0 Å². The summed E-state index contributed by atoms with van der Waals surface area (Å²) in [5, 5.41) is 5.76. The first-order chi connectivity index (χ1) is 14.1. The van der Waals surface area contributed by atoms with Crippen molar-refractivity contribution in [1.29, 1.82) is 0 Å². The Morgan fingerprint density at radius 1 is 0.966 bits per heavy atom. The molecule has 2 N–H and O–H groups in total. The van der Waals surface area contributed by atoms with Crippen molar-refractivity contribution in [2.45, 2.75) is 50.5 Å². The molecule has 2 amide bonds. The maximum Gasteiger partial charge on any atom is 0.239 e. The van der Waals surface area contributed by atoms with Crippen LogP contribution < -0.4 is 10.6 Å². The molecular weight excluding hydrogens is 364 g/mol. The second kappa shape index (κ2) is 7.05. The molecule has 0 radical (unpaired) electrons. The van der Waals surface area contributed by atoms with Crippen molar-refractivity contribution in [3.63, 3.8) is 0 Å². The lowest BCUT2D eigenvalue weighted by atomic mass is 9.42. The van der Waals surface area contributed by atoms with Crippen molar-refractivity contribution in [3.8, 4) is 0 Å². The zero-order valence-electron chi connectivity index (χ0n) is 16.7. The van der Waals surface area contributed by atoms with Crippen LogP contribution in [0, 0.1) is 17.3 Å². The molecule has 1 aromatic heterocycles. The van der Waals surface area contributed by atoms with E-state index in [-0.39, 0.29) is 29.2 Å². The van der Waals surface area contributed by atoms with E-state index in [2.05, 4.69) is 41.0 Å². The average Bonchev–Trinajstić information content (AvgIpc) is 3.24. The first-order valence-corrected chi connectivity index (χ1v) is 10.7. The van der Waals surface area contributed by atoms with E-state index in [1.165, 1.54) is 24.8 Å². The molecule has 152 valence electrons. The first-order valence-electron chi connectivity index (χ1n) is 10.7. The van der Waals surface area contributed by atoms with Crippen LogP contribution in [0.5, 0.6) is 0 Å². The molecule has 29 heavy (non-hydrogen) atoms. The summed E-state index contributed by atoms with van der Waals surface area (Å²) in [6.45, 7) is 0.364. The van der Waals surface area contributed by atoms with Crippen LogP contribution >= 0.6 is 0 Å². The maximum atomic E-state index is 13.3. The van der Waals surface area contributed by atoms with E-state index < -0.39 is 0 Å². The third-order valence-corrected chi connectivity index (χ3v) is 7.38. The van der Waals surface area contributed by atoms with Gasteiger partial charge in [0.15, 0.2) is 0 Å². The van der Waals surface area contributed by atoms with Gasteiger partial charge in [0.2, 0.25) is 11.8 Å². The van der Waals surface area contributed by atoms with E-state index in [1.807, 2.05) is 6.07 Å². The molecule has 4 aliphatic rings. The van der Waals surface area contributed by atoms with Crippen LogP contribution in [0.2, 0.25) is 0 Å². The second-order valence-electron chi connectivity index (χ2n) is 9.43. The fraction of sp³-hybridized carbons (Fsp3) is 0.500. The molecular formula is C24H28N2O3. The quantitative estimate of drug-likeness (QED) is 0.790. The number of furan rings is 1. The van der Waals surface area contributed by atoms with E-state index in [4.69, 9.17) is 4.42 Å². The van der Waals surface area contributed by atoms with Crippen molar-refractivity contribution in [2.24, 2.45) is 17.3 Å². The Bertz CT molecular complexity index is 876. The van der Waals surface area contributed by atoms with Gasteiger partial charge in [0.05, 0.1) is 24.8 Å². The number of hydrogen-bond donors (Lipinski definition) is 2. The zero-order valence-corrected chi connectivity index (χ0v) is 16.7. The molecule has 4 atom stereocenters.